The fraction of sp³-hybridized carbons (Fsp3) is 0.667. The van der Waals surface area contributed by atoms with Crippen LogP contribution in [0.4, 0.5) is 0 Å². The number of hydrogen-bond donors (Lipinski definition) is 0. The van der Waals surface area contributed by atoms with Crippen LogP contribution in [-0.4, -0.2) is 37.6 Å². The van der Waals surface area contributed by atoms with Gasteiger partial charge < -0.3 is 9.64 Å². The molecule has 19 heavy (non-hydrogen) atoms. The Balaban J connectivity index is 1.78. The minimum atomic E-state index is 0.287. The van der Waals surface area contributed by atoms with Crippen LogP contribution in [-0.2, 0) is 16.0 Å². The van der Waals surface area contributed by atoms with Gasteiger partial charge in [-0.1, -0.05) is 0 Å². The molecular formula is C15H23NO2S. The van der Waals surface area contributed by atoms with E-state index in [1.54, 1.807) is 18.4 Å². The van der Waals surface area contributed by atoms with Crippen molar-refractivity contribution in [3.8, 4) is 0 Å². The molecular weight excluding hydrogens is 258 g/mol. The summed E-state index contributed by atoms with van der Waals surface area (Å²) in [5, 5.41) is 4.10. The van der Waals surface area contributed by atoms with E-state index in [0.717, 1.165) is 38.1 Å². The van der Waals surface area contributed by atoms with Gasteiger partial charge in [0.1, 0.15) is 0 Å². The van der Waals surface area contributed by atoms with Crippen molar-refractivity contribution in [2.45, 2.75) is 32.1 Å². The van der Waals surface area contributed by atoms with E-state index in [2.05, 4.69) is 10.3 Å². The minimum Gasteiger partial charge on any atom is -0.385 e. The zero-order valence-corrected chi connectivity index (χ0v) is 12.5. The predicted molar refractivity (Wildman–Crippen MR) is 78.4 cm³/mol. The molecule has 4 heteroatoms. The number of amides is 1. The van der Waals surface area contributed by atoms with Crippen molar-refractivity contribution in [2.24, 2.45) is 5.92 Å². The van der Waals surface area contributed by atoms with E-state index in [-0.39, 0.29) is 5.91 Å². The van der Waals surface area contributed by atoms with E-state index < -0.39 is 0 Å². The highest BCUT2D eigenvalue weighted by Crippen LogP contribution is 2.22. The van der Waals surface area contributed by atoms with Gasteiger partial charge in [-0.15, -0.1) is 0 Å². The van der Waals surface area contributed by atoms with Crippen LogP contribution in [0.1, 0.15) is 31.2 Å². The van der Waals surface area contributed by atoms with Gasteiger partial charge in [-0.2, -0.15) is 11.3 Å². The van der Waals surface area contributed by atoms with Gasteiger partial charge in [0.15, 0.2) is 0 Å². The lowest BCUT2D eigenvalue weighted by Gasteiger charge is -2.33. The molecule has 3 nitrogen and oxygen atoms in total. The highest BCUT2D eigenvalue weighted by Gasteiger charge is 2.23. The highest BCUT2D eigenvalue weighted by atomic mass is 32.1. The third-order valence-electron chi connectivity index (χ3n) is 3.77. The maximum absolute atomic E-state index is 12.2. The van der Waals surface area contributed by atoms with Gasteiger partial charge in [0.05, 0.1) is 6.42 Å². The van der Waals surface area contributed by atoms with Crippen molar-refractivity contribution >= 4 is 17.2 Å². The summed E-state index contributed by atoms with van der Waals surface area (Å²) in [6, 6.07) is 2.04. The summed E-state index contributed by atoms with van der Waals surface area (Å²) in [5.41, 5.74) is 1.15. The molecule has 0 unspecified atom stereocenters. The molecule has 0 aliphatic carbocycles. The average Bonchev–Trinajstić information content (AvgIpc) is 2.92. The lowest BCUT2D eigenvalue weighted by molar-refractivity contribution is -0.132. The third kappa shape index (κ3) is 4.62. The van der Waals surface area contributed by atoms with Crippen LogP contribution in [0.2, 0.25) is 0 Å². The van der Waals surface area contributed by atoms with Gasteiger partial charge in [0.2, 0.25) is 5.91 Å². The van der Waals surface area contributed by atoms with E-state index >= 15 is 0 Å². The fourth-order valence-electron chi connectivity index (χ4n) is 2.72. The molecule has 1 amide bonds. The topological polar surface area (TPSA) is 29.5 Å². The zero-order valence-electron chi connectivity index (χ0n) is 11.6. The fourth-order valence-corrected chi connectivity index (χ4v) is 3.39. The largest absolute Gasteiger partial charge is 0.385 e. The number of piperidine rings is 1. The molecule has 2 heterocycles. The van der Waals surface area contributed by atoms with Crippen molar-refractivity contribution in [1.29, 1.82) is 0 Å². The molecule has 0 radical (unpaired) electrons. The number of carbonyl (C=O) groups is 1. The summed E-state index contributed by atoms with van der Waals surface area (Å²) in [6.07, 6.45) is 5.25. The Bertz CT molecular complexity index is 378. The Kier molecular flexibility index (Phi) is 5.86. The maximum atomic E-state index is 12.2. The van der Waals surface area contributed by atoms with Gasteiger partial charge in [0, 0.05) is 26.8 Å². The van der Waals surface area contributed by atoms with Crippen LogP contribution in [0.25, 0.3) is 0 Å². The van der Waals surface area contributed by atoms with Crippen LogP contribution in [0, 0.1) is 5.92 Å². The molecule has 0 saturated carbocycles. The molecule has 1 saturated heterocycles. The first-order valence-electron chi connectivity index (χ1n) is 7.07. The molecule has 1 aliphatic heterocycles. The first-order chi connectivity index (χ1) is 9.29. The monoisotopic (exact) mass is 281 g/mol. The van der Waals surface area contributed by atoms with Crippen molar-refractivity contribution in [2.75, 3.05) is 26.8 Å². The number of thiophene rings is 1. The molecule has 0 spiro atoms. The number of carbonyl (C=O) groups excluding carboxylic acids is 1. The van der Waals surface area contributed by atoms with E-state index in [0.29, 0.717) is 12.3 Å². The first kappa shape index (κ1) is 14.5. The average molecular weight is 281 g/mol. The van der Waals surface area contributed by atoms with Crippen LogP contribution in [0.5, 0.6) is 0 Å². The van der Waals surface area contributed by atoms with E-state index in [1.165, 1.54) is 12.8 Å². The molecule has 2 rings (SSSR count). The number of rotatable bonds is 6. The normalized spacial score (nSPS) is 19.6. The summed E-state index contributed by atoms with van der Waals surface area (Å²) in [5.74, 6) is 0.949. The minimum absolute atomic E-state index is 0.287. The molecule has 1 aliphatic rings. The lowest BCUT2D eigenvalue weighted by Crippen LogP contribution is -2.40. The van der Waals surface area contributed by atoms with Crippen molar-refractivity contribution in [3.05, 3.63) is 22.4 Å². The van der Waals surface area contributed by atoms with Crippen LogP contribution in [0.15, 0.2) is 16.8 Å². The Morgan fingerprint density at radius 2 is 2.47 bits per heavy atom. The van der Waals surface area contributed by atoms with Gasteiger partial charge in [-0.25, -0.2) is 0 Å². The second kappa shape index (κ2) is 7.65. The molecule has 0 aromatic carbocycles. The van der Waals surface area contributed by atoms with Gasteiger partial charge in [0.25, 0.3) is 0 Å². The number of nitrogens with zero attached hydrogens (tertiary/aromatic N) is 1. The molecule has 0 bridgehead atoms. The molecule has 106 valence electrons. The highest BCUT2D eigenvalue weighted by molar-refractivity contribution is 7.07. The van der Waals surface area contributed by atoms with E-state index in [9.17, 15) is 4.79 Å². The lowest BCUT2D eigenvalue weighted by atomic mass is 9.93. The van der Waals surface area contributed by atoms with Crippen LogP contribution < -0.4 is 0 Å². The molecule has 1 atom stereocenters. The predicted octanol–water partition coefficient (Wildman–Crippen LogP) is 2.96. The van der Waals surface area contributed by atoms with Crippen molar-refractivity contribution in [1.82, 2.24) is 4.90 Å². The molecule has 0 N–H and O–H groups in total. The van der Waals surface area contributed by atoms with Crippen LogP contribution in [0.3, 0.4) is 0 Å². The standard InChI is InChI=1S/C15H23NO2S/c1-18-8-3-5-13-4-2-7-16(11-13)15(17)10-14-6-9-19-12-14/h6,9,12-13H,2-5,7-8,10-11H2,1H3/t13-/m0/s1. The van der Waals surface area contributed by atoms with Crippen molar-refractivity contribution < 1.29 is 9.53 Å². The Hall–Kier alpha value is -0.870. The number of ether oxygens (including phenoxy) is 1. The zero-order chi connectivity index (χ0) is 13.5. The molecule has 1 aromatic rings. The molecule has 1 fully saturated rings. The quantitative estimate of drug-likeness (QED) is 0.750. The number of hydrogen-bond acceptors (Lipinski definition) is 3. The van der Waals surface area contributed by atoms with Gasteiger partial charge in [-0.05, 0) is 54.0 Å². The number of likely N-dealkylation sites (tertiary alicyclic amines) is 1. The second-order valence-electron chi connectivity index (χ2n) is 5.29. The van der Waals surface area contributed by atoms with E-state index in [4.69, 9.17) is 4.74 Å². The third-order valence-corrected chi connectivity index (χ3v) is 4.50. The van der Waals surface area contributed by atoms with Gasteiger partial charge in [-0.3, -0.25) is 4.79 Å². The molecule has 1 aromatic heterocycles. The van der Waals surface area contributed by atoms with Crippen LogP contribution >= 0.6 is 11.3 Å². The summed E-state index contributed by atoms with van der Waals surface area (Å²) in [4.78, 5) is 14.3. The summed E-state index contributed by atoms with van der Waals surface area (Å²) in [7, 11) is 1.75. The van der Waals surface area contributed by atoms with Crippen molar-refractivity contribution in [3.63, 3.8) is 0 Å². The first-order valence-corrected chi connectivity index (χ1v) is 8.01. The summed E-state index contributed by atoms with van der Waals surface area (Å²) < 4.78 is 5.10. The SMILES string of the molecule is COCCC[C@@H]1CCCN(C(=O)Cc2ccsc2)C1. The Morgan fingerprint density at radius 3 is 3.21 bits per heavy atom. The van der Waals surface area contributed by atoms with Gasteiger partial charge >= 0.3 is 0 Å². The second-order valence-corrected chi connectivity index (χ2v) is 6.07. The summed E-state index contributed by atoms with van der Waals surface area (Å²) in [6.45, 7) is 2.70. The number of methoxy groups -OCH3 is 1. The Labute approximate surface area is 119 Å². The Morgan fingerprint density at radius 1 is 1.58 bits per heavy atom. The maximum Gasteiger partial charge on any atom is 0.227 e. The summed E-state index contributed by atoms with van der Waals surface area (Å²) >= 11 is 1.66. The van der Waals surface area contributed by atoms with E-state index in [1.807, 2.05) is 11.4 Å². The smallest absolute Gasteiger partial charge is 0.227 e.